The second-order valence-electron chi connectivity index (χ2n) is 19.7. The number of unbranched alkanes of at least 4 members (excludes halogenated alkanes) is 10. The molecule has 1 atom stereocenters. The third-order valence-electron chi connectivity index (χ3n) is 12.3. The lowest BCUT2D eigenvalue weighted by Gasteiger charge is -2.15. The van der Waals surface area contributed by atoms with Gasteiger partial charge in [-0.1, -0.05) is 271 Å². The number of hydrogen-bond acceptors (Lipinski definition) is 5. The van der Waals surface area contributed by atoms with Crippen LogP contribution in [0.5, 0.6) is 0 Å². The molecule has 80 heavy (non-hydrogen) atoms. The quantitative estimate of drug-likeness (QED) is 0.0373. The van der Waals surface area contributed by atoms with Gasteiger partial charge in [0.15, 0.2) is 6.10 Å². The average Bonchev–Trinajstić information content (AvgIpc) is 3.46. The Hall–Kier alpha value is -5.78. The summed E-state index contributed by atoms with van der Waals surface area (Å²) >= 11 is 0. The summed E-state index contributed by atoms with van der Waals surface area (Å²) in [5.41, 5.74) is 0. The standard InChI is InChI=1S/C75H112O5/c1-3-5-7-9-11-13-15-17-19-21-23-25-27-29-31-33-35-37-39-41-43-45-47-49-51-53-55-57-59-61-63-65-67-69-74(77)79-72-73(71-76)80-75(78)70-68-66-64-62-60-58-56-54-52-50-48-46-44-42-40-38-36-34-32-30-28-26-24-22-20-18-16-14-12-10-8-6-4-2/h5-8,11-14,17-20,23-26,29-32,35-38,41-44,47-50,54,56,60,62,73,76H,3-4,9-10,15-16,21-22,27-28,33-34,39-40,45-46,51-53,55,57-59,61,63-72H2,1-2H3/b7-5-,8-6-,13-11-,14-12-,19-17-,20-18-,25-23-,26-24-,31-29-,32-30-,37-35-,38-36-,43-41-,44-42-,49-47-,50-48-,56-54-,62-60-. The first-order valence-electron chi connectivity index (χ1n) is 31.3. The van der Waals surface area contributed by atoms with E-state index in [2.05, 4.69) is 233 Å². The van der Waals surface area contributed by atoms with Crippen LogP contribution in [0.15, 0.2) is 219 Å². The van der Waals surface area contributed by atoms with Gasteiger partial charge in [-0.25, -0.2) is 0 Å². The Labute approximate surface area is 491 Å². The molecule has 0 heterocycles. The van der Waals surface area contributed by atoms with Gasteiger partial charge in [-0.3, -0.25) is 9.59 Å². The molecule has 0 amide bonds. The fourth-order valence-corrected chi connectivity index (χ4v) is 7.66. The van der Waals surface area contributed by atoms with Crippen LogP contribution < -0.4 is 0 Å². The Morgan fingerprint density at radius 2 is 0.500 bits per heavy atom. The van der Waals surface area contributed by atoms with E-state index in [1.807, 2.05) is 0 Å². The van der Waals surface area contributed by atoms with Crippen molar-refractivity contribution < 1.29 is 24.2 Å². The third kappa shape index (κ3) is 64.7. The van der Waals surface area contributed by atoms with Crippen LogP contribution in [-0.2, 0) is 19.1 Å². The topological polar surface area (TPSA) is 72.8 Å². The highest BCUT2D eigenvalue weighted by molar-refractivity contribution is 5.70. The molecule has 0 aliphatic heterocycles. The van der Waals surface area contributed by atoms with Crippen LogP contribution >= 0.6 is 0 Å². The number of rotatable bonds is 54. The first-order valence-corrected chi connectivity index (χ1v) is 31.3. The van der Waals surface area contributed by atoms with Crippen LogP contribution in [0.3, 0.4) is 0 Å². The molecule has 0 aromatic rings. The maximum Gasteiger partial charge on any atom is 0.306 e. The third-order valence-corrected chi connectivity index (χ3v) is 12.3. The van der Waals surface area contributed by atoms with E-state index in [1.165, 1.54) is 32.1 Å². The van der Waals surface area contributed by atoms with Crippen LogP contribution in [0.2, 0.25) is 0 Å². The lowest BCUT2D eigenvalue weighted by molar-refractivity contribution is -0.161. The zero-order valence-corrected chi connectivity index (χ0v) is 50.5. The predicted molar refractivity (Wildman–Crippen MR) is 352 cm³/mol. The summed E-state index contributed by atoms with van der Waals surface area (Å²) in [5.74, 6) is -0.670. The molecule has 1 unspecified atom stereocenters. The van der Waals surface area contributed by atoms with Crippen molar-refractivity contribution in [1.29, 1.82) is 0 Å². The molecule has 0 bridgehead atoms. The first kappa shape index (κ1) is 74.2. The maximum absolute atomic E-state index is 12.3. The highest BCUT2D eigenvalue weighted by atomic mass is 16.6. The van der Waals surface area contributed by atoms with Crippen molar-refractivity contribution in [1.82, 2.24) is 0 Å². The van der Waals surface area contributed by atoms with E-state index in [9.17, 15) is 14.7 Å². The highest BCUT2D eigenvalue weighted by Gasteiger charge is 2.16. The molecule has 0 spiro atoms. The molecule has 0 aliphatic carbocycles. The van der Waals surface area contributed by atoms with Gasteiger partial charge >= 0.3 is 11.9 Å². The second kappa shape index (κ2) is 67.5. The summed E-state index contributed by atoms with van der Waals surface area (Å²) in [4.78, 5) is 24.6. The number of carbonyl (C=O) groups is 2. The molecule has 5 nitrogen and oxygen atoms in total. The van der Waals surface area contributed by atoms with Crippen molar-refractivity contribution >= 4 is 11.9 Å². The van der Waals surface area contributed by atoms with Gasteiger partial charge < -0.3 is 14.6 Å². The smallest absolute Gasteiger partial charge is 0.306 e. The van der Waals surface area contributed by atoms with Crippen LogP contribution in [0, 0.1) is 0 Å². The highest BCUT2D eigenvalue weighted by Crippen LogP contribution is 2.12. The Kier molecular flexibility index (Phi) is 62.6. The summed E-state index contributed by atoms with van der Waals surface area (Å²) in [6.45, 7) is 3.85. The number of hydrogen-bond donors (Lipinski definition) is 1. The lowest BCUT2D eigenvalue weighted by atomic mass is 10.1. The summed E-state index contributed by atoms with van der Waals surface area (Å²) in [6.07, 6.45) is 111. The zero-order chi connectivity index (χ0) is 57.6. The Balaban J connectivity index is 3.71. The molecule has 0 saturated carbocycles. The van der Waals surface area contributed by atoms with Crippen LogP contribution in [0.25, 0.3) is 0 Å². The van der Waals surface area contributed by atoms with Gasteiger partial charge in [-0.05, 0) is 154 Å². The van der Waals surface area contributed by atoms with Crippen molar-refractivity contribution in [3.05, 3.63) is 219 Å². The minimum atomic E-state index is -0.819. The van der Waals surface area contributed by atoms with Crippen LogP contribution in [-0.4, -0.2) is 36.4 Å². The lowest BCUT2D eigenvalue weighted by Crippen LogP contribution is -2.28. The second-order valence-corrected chi connectivity index (χ2v) is 19.7. The van der Waals surface area contributed by atoms with Crippen molar-refractivity contribution in [2.45, 2.75) is 225 Å². The molecule has 0 saturated heterocycles. The minimum absolute atomic E-state index is 0.104. The summed E-state index contributed by atoms with van der Waals surface area (Å²) in [7, 11) is 0. The monoisotopic (exact) mass is 1090 g/mol. The van der Waals surface area contributed by atoms with E-state index in [0.29, 0.717) is 12.8 Å². The molecular formula is C75H112O5. The number of aliphatic hydroxyl groups excluding tert-OH is 1. The summed E-state index contributed by atoms with van der Waals surface area (Å²) < 4.78 is 10.7. The molecule has 0 aliphatic rings. The van der Waals surface area contributed by atoms with Crippen molar-refractivity contribution in [2.24, 2.45) is 0 Å². The van der Waals surface area contributed by atoms with Crippen LogP contribution in [0.1, 0.15) is 219 Å². The fraction of sp³-hybridized carbons (Fsp3) is 0.493. The zero-order valence-electron chi connectivity index (χ0n) is 50.5. The van der Waals surface area contributed by atoms with Crippen molar-refractivity contribution in [2.75, 3.05) is 13.2 Å². The molecule has 0 aromatic carbocycles. The van der Waals surface area contributed by atoms with E-state index in [0.717, 1.165) is 154 Å². The number of esters is 2. The predicted octanol–water partition coefficient (Wildman–Crippen LogP) is 22.0. The van der Waals surface area contributed by atoms with E-state index < -0.39 is 6.10 Å². The van der Waals surface area contributed by atoms with Gasteiger partial charge in [0.1, 0.15) is 6.61 Å². The van der Waals surface area contributed by atoms with Crippen molar-refractivity contribution in [3.63, 3.8) is 0 Å². The van der Waals surface area contributed by atoms with Gasteiger partial charge in [0.25, 0.3) is 0 Å². The molecule has 0 fully saturated rings. The molecule has 1 N–H and O–H groups in total. The fourth-order valence-electron chi connectivity index (χ4n) is 7.66. The summed E-state index contributed by atoms with van der Waals surface area (Å²) in [5, 5.41) is 9.67. The number of ether oxygens (including phenoxy) is 2. The Morgan fingerprint density at radius 1 is 0.287 bits per heavy atom. The number of carbonyl (C=O) groups excluding carboxylic acids is 2. The largest absolute Gasteiger partial charge is 0.462 e. The van der Waals surface area contributed by atoms with Crippen LogP contribution in [0.4, 0.5) is 0 Å². The number of aliphatic hydroxyl groups is 1. The van der Waals surface area contributed by atoms with E-state index >= 15 is 0 Å². The van der Waals surface area contributed by atoms with Gasteiger partial charge in [0.05, 0.1) is 6.61 Å². The normalized spacial score (nSPS) is 13.8. The average molecular weight is 1090 g/mol. The van der Waals surface area contributed by atoms with Gasteiger partial charge in [-0.2, -0.15) is 0 Å². The minimum Gasteiger partial charge on any atom is -0.462 e. The molecule has 442 valence electrons. The molecular weight excluding hydrogens is 981 g/mol. The molecule has 0 rings (SSSR count). The van der Waals surface area contributed by atoms with Crippen molar-refractivity contribution in [3.8, 4) is 0 Å². The molecule has 5 heteroatoms. The van der Waals surface area contributed by atoms with Gasteiger partial charge in [0.2, 0.25) is 0 Å². The summed E-state index contributed by atoms with van der Waals surface area (Å²) in [6, 6.07) is 0. The number of allylic oxidation sites excluding steroid dienone is 36. The van der Waals surface area contributed by atoms with E-state index in [4.69, 9.17) is 9.47 Å². The van der Waals surface area contributed by atoms with E-state index in [-0.39, 0.29) is 31.6 Å². The first-order chi connectivity index (χ1) is 39.6. The SMILES string of the molecule is CC/C=C\C/C=C\C/C=C\C/C=C\C/C=C\C/C=C\C/C=C\C/C=C\C/C=C\C/C=C\CCCCC(=O)OC(CO)COC(=O)CCCCCCCCCC/C=C\C/C=C\C/C=C\C/C=C\C/C=C\C/C=C\C/C=C\C/C=C\CC. The van der Waals surface area contributed by atoms with Gasteiger partial charge in [-0.15, -0.1) is 0 Å². The maximum atomic E-state index is 12.3. The Morgan fingerprint density at radius 3 is 0.775 bits per heavy atom. The van der Waals surface area contributed by atoms with Gasteiger partial charge in [0, 0.05) is 12.8 Å². The Bertz CT molecular complexity index is 1960. The molecule has 0 aromatic heterocycles. The molecule has 0 radical (unpaired) electrons. The van der Waals surface area contributed by atoms with E-state index in [1.54, 1.807) is 0 Å².